The summed E-state index contributed by atoms with van der Waals surface area (Å²) in [5.41, 5.74) is 0.642. The number of aliphatic hydroxyl groups is 1. The summed E-state index contributed by atoms with van der Waals surface area (Å²) in [5.74, 6) is -1.28. The molecule has 0 aliphatic heterocycles. The van der Waals surface area contributed by atoms with E-state index in [9.17, 15) is 20.0 Å². The van der Waals surface area contributed by atoms with Gasteiger partial charge in [-0.25, -0.2) is 4.79 Å². The maximum atomic E-state index is 11.3. The molecule has 1 aliphatic carbocycles. The van der Waals surface area contributed by atoms with Gasteiger partial charge >= 0.3 is 11.7 Å². The van der Waals surface area contributed by atoms with Crippen LogP contribution < -0.4 is 4.74 Å². The van der Waals surface area contributed by atoms with E-state index in [2.05, 4.69) is 0 Å². The normalized spacial score (nSPS) is 18.6. The van der Waals surface area contributed by atoms with Crippen LogP contribution in [-0.4, -0.2) is 34.3 Å². The van der Waals surface area contributed by atoms with Crippen molar-refractivity contribution < 1.29 is 24.7 Å². The van der Waals surface area contributed by atoms with Gasteiger partial charge in [-0.1, -0.05) is 17.7 Å². The predicted octanol–water partition coefficient (Wildman–Crippen LogP) is 3.59. The van der Waals surface area contributed by atoms with Crippen molar-refractivity contribution in [2.24, 2.45) is 0 Å². The molecule has 1 atom stereocenters. The van der Waals surface area contributed by atoms with Crippen LogP contribution in [0.1, 0.15) is 34.3 Å². The van der Waals surface area contributed by atoms with E-state index in [1.807, 2.05) is 12.1 Å². The fourth-order valence-electron chi connectivity index (χ4n) is 3.53. The number of hydrogen-bond acceptors (Lipinski definition) is 5. The van der Waals surface area contributed by atoms with Gasteiger partial charge in [0.1, 0.15) is 6.61 Å². The summed E-state index contributed by atoms with van der Waals surface area (Å²) in [4.78, 5) is 21.7. The number of hydrogen-bond donors (Lipinski definition) is 2. The number of ether oxygens (including phenoxy) is 1. The summed E-state index contributed by atoms with van der Waals surface area (Å²) in [6, 6.07) is 8.98. The van der Waals surface area contributed by atoms with E-state index in [4.69, 9.17) is 21.4 Å². The van der Waals surface area contributed by atoms with E-state index >= 15 is 0 Å². The van der Waals surface area contributed by atoms with Gasteiger partial charge in [0.15, 0.2) is 5.75 Å². The zero-order valence-corrected chi connectivity index (χ0v) is 15.1. The summed E-state index contributed by atoms with van der Waals surface area (Å²) >= 11 is 6.07. The molecule has 0 aromatic heterocycles. The molecule has 0 heterocycles. The number of fused-ring (bicyclic) bond motifs is 1. The van der Waals surface area contributed by atoms with E-state index in [-0.39, 0.29) is 24.5 Å². The van der Waals surface area contributed by atoms with Crippen molar-refractivity contribution in [3.63, 3.8) is 0 Å². The molecule has 0 fully saturated rings. The number of nitro benzene ring substituents is 1. The highest BCUT2D eigenvalue weighted by Crippen LogP contribution is 2.39. The molecule has 0 radical (unpaired) electrons. The van der Waals surface area contributed by atoms with E-state index < -0.39 is 22.0 Å². The number of nitrogens with zero attached hydrogens (tertiary/aromatic N) is 1. The van der Waals surface area contributed by atoms with Crippen LogP contribution in [0.4, 0.5) is 5.69 Å². The van der Waals surface area contributed by atoms with Gasteiger partial charge in [-0.2, -0.15) is 0 Å². The molecule has 0 saturated carbocycles. The van der Waals surface area contributed by atoms with Crippen LogP contribution in [0.3, 0.4) is 0 Å². The maximum absolute atomic E-state index is 11.3. The highest BCUT2D eigenvalue weighted by Gasteiger charge is 2.37. The molecule has 0 unspecified atom stereocenters. The largest absolute Gasteiger partial charge is 0.486 e. The number of carbonyl (C=O) groups is 1. The van der Waals surface area contributed by atoms with Crippen LogP contribution in [0.2, 0.25) is 5.02 Å². The van der Waals surface area contributed by atoms with Gasteiger partial charge in [0.05, 0.1) is 22.5 Å². The van der Waals surface area contributed by atoms with E-state index in [1.165, 1.54) is 12.1 Å². The molecular formula is C19H18ClNO6. The second-order valence-electron chi connectivity index (χ2n) is 6.63. The zero-order valence-electron chi connectivity index (χ0n) is 14.4. The summed E-state index contributed by atoms with van der Waals surface area (Å²) in [5, 5.41) is 31.0. The zero-order chi connectivity index (χ0) is 19.6. The predicted molar refractivity (Wildman–Crippen MR) is 98.7 cm³/mol. The van der Waals surface area contributed by atoms with Gasteiger partial charge in [0.25, 0.3) is 0 Å². The Morgan fingerprint density at radius 2 is 2.07 bits per heavy atom. The molecular weight excluding hydrogens is 374 g/mol. The average Bonchev–Trinajstić information content (AvgIpc) is 2.65. The van der Waals surface area contributed by atoms with Crippen LogP contribution in [0.25, 0.3) is 0 Å². The third-order valence-electron chi connectivity index (χ3n) is 4.95. The number of aliphatic hydroxyl groups excluding tert-OH is 1. The van der Waals surface area contributed by atoms with Gasteiger partial charge < -0.3 is 14.9 Å². The molecule has 27 heavy (non-hydrogen) atoms. The lowest BCUT2D eigenvalue weighted by atomic mass is 9.71. The minimum absolute atomic E-state index is 0.0288. The van der Waals surface area contributed by atoms with Crippen molar-refractivity contribution >= 4 is 23.3 Å². The molecule has 2 N–H and O–H groups in total. The quantitative estimate of drug-likeness (QED) is 0.575. The lowest BCUT2D eigenvalue weighted by Gasteiger charge is -2.37. The monoisotopic (exact) mass is 391 g/mol. The Balaban J connectivity index is 1.92. The lowest BCUT2D eigenvalue weighted by Crippen LogP contribution is -2.40. The summed E-state index contributed by atoms with van der Waals surface area (Å²) in [7, 11) is 0. The summed E-state index contributed by atoms with van der Waals surface area (Å²) < 4.78 is 5.73. The molecule has 0 bridgehead atoms. The Morgan fingerprint density at radius 1 is 1.30 bits per heavy atom. The smallest absolute Gasteiger partial charge is 0.335 e. The first-order chi connectivity index (χ1) is 12.9. The molecule has 2 aromatic carbocycles. The molecule has 3 rings (SSSR count). The van der Waals surface area contributed by atoms with Gasteiger partial charge in [0.2, 0.25) is 0 Å². The average molecular weight is 392 g/mol. The number of carboxylic acids is 1. The Kier molecular flexibility index (Phi) is 5.34. The number of halogens is 1. The first-order valence-corrected chi connectivity index (χ1v) is 8.78. The molecule has 142 valence electrons. The maximum Gasteiger partial charge on any atom is 0.335 e. The van der Waals surface area contributed by atoms with E-state index in [0.717, 1.165) is 30.0 Å². The standard InChI is InChI=1S/C19H18ClNO6/c20-14-4-5-15-12(8-14)2-1-7-19(15,10-22)11-27-17-6-3-13(18(23)24)9-16(17)21(25)26/h3-6,8-9,22H,1-2,7,10-11H2,(H,23,24)/t19-/m0/s1. The van der Waals surface area contributed by atoms with E-state index in [1.54, 1.807) is 6.07 Å². The number of benzene rings is 2. The fourth-order valence-corrected chi connectivity index (χ4v) is 3.72. The Bertz CT molecular complexity index is 900. The number of aromatic carboxylic acids is 1. The molecule has 0 saturated heterocycles. The van der Waals surface area contributed by atoms with Crippen molar-refractivity contribution in [2.75, 3.05) is 13.2 Å². The fraction of sp³-hybridized carbons (Fsp3) is 0.316. The van der Waals surface area contributed by atoms with Crippen molar-refractivity contribution in [1.29, 1.82) is 0 Å². The minimum atomic E-state index is -1.26. The first-order valence-electron chi connectivity index (χ1n) is 8.40. The Morgan fingerprint density at radius 3 is 2.74 bits per heavy atom. The lowest BCUT2D eigenvalue weighted by molar-refractivity contribution is -0.386. The molecule has 1 aliphatic rings. The molecule has 0 amide bonds. The van der Waals surface area contributed by atoms with Crippen molar-refractivity contribution in [3.8, 4) is 5.75 Å². The second-order valence-corrected chi connectivity index (χ2v) is 7.06. The van der Waals surface area contributed by atoms with Gasteiger partial charge in [-0.15, -0.1) is 0 Å². The third kappa shape index (κ3) is 3.74. The third-order valence-corrected chi connectivity index (χ3v) is 5.18. The van der Waals surface area contributed by atoms with Crippen LogP contribution >= 0.6 is 11.6 Å². The topological polar surface area (TPSA) is 110 Å². The van der Waals surface area contributed by atoms with Crippen LogP contribution in [0.5, 0.6) is 5.75 Å². The van der Waals surface area contributed by atoms with Crippen LogP contribution in [0.15, 0.2) is 36.4 Å². The molecule has 0 spiro atoms. The van der Waals surface area contributed by atoms with Crippen molar-refractivity contribution in [2.45, 2.75) is 24.7 Å². The van der Waals surface area contributed by atoms with Crippen molar-refractivity contribution in [1.82, 2.24) is 0 Å². The number of aryl methyl sites for hydroxylation is 1. The Hall–Kier alpha value is -2.64. The van der Waals surface area contributed by atoms with Crippen molar-refractivity contribution in [3.05, 3.63) is 68.2 Å². The summed E-state index contributed by atoms with van der Waals surface area (Å²) in [6.07, 6.45) is 2.33. The molecule has 8 heteroatoms. The van der Waals surface area contributed by atoms with Crippen LogP contribution in [0, 0.1) is 10.1 Å². The second kappa shape index (κ2) is 7.54. The highest BCUT2D eigenvalue weighted by atomic mass is 35.5. The molecule has 2 aromatic rings. The summed E-state index contributed by atoms with van der Waals surface area (Å²) in [6.45, 7) is -0.145. The SMILES string of the molecule is O=C(O)c1ccc(OC[C@@]2(CO)CCCc3cc(Cl)ccc32)c([N+](=O)[O-])c1. The van der Waals surface area contributed by atoms with Gasteiger partial charge in [0, 0.05) is 11.1 Å². The first kappa shape index (κ1) is 19.1. The Labute approximate surface area is 160 Å². The van der Waals surface area contributed by atoms with Gasteiger partial charge in [-0.3, -0.25) is 10.1 Å². The van der Waals surface area contributed by atoms with E-state index in [0.29, 0.717) is 11.4 Å². The van der Waals surface area contributed by atoms with Gasteiger partial charge in [-0.05, 0) is 54.7 Å². The molecule has 7 nitrogen and oxygen atoms in total. The number of rotatable bonds is 6. The number of nitro groups is 1. The highest BCUT2D eigenvalue weighted by molar-refractivity contribution is 6.30. The van der Waals surface area contributed by atoms with Crippen LogP contribution in [-0.2, 0) is 11.8 Å². The number of carboxylic acid groups (broad SMARTS) is 1. The minimum Gasteiger partial charge on any atom is -0.486 e.